The van der Waals surface area contributed by atoms with Crippen LogP contribution in [0.1, 0.15) is 20.3 Å². The minimum atomic E-state index is 0.626. The van der Waals surface area contributed by atoms with E-state index in [1.54, 1.807) is 7.11 Å². The van der Waals surface area contributed by atoms with Crippen LogP contribution in [0.25, 0.3) is 0 Å². The summed E-state index contributed by atoms with van der Waals surface area (Å²) in [4.78, 5) is 4.96. The molecule has 2 N–H and O–H groups in total. The molecule has 0 amide bonds. The van der Waals surface area contributed by atoms with Crippen molar-refractivity contribution in [2.45, 2.75) is 26.3 Å². The molecule has 0 saturated carbocycles. The first-order chi connectivity index (χ1) is 9.11. The molecule has 0 atom stereocenters. The van der Waals surface area contributed by atoms with Crippen LogP contribution in [0.3, 0.4) is 0 Å². The highest BCUT2D eigenvalue weighted by molar-refractivity contribution is 5.62. The average molecular weight is 263 g/mol. The zero-order valence-electron chi connectivity index (χ0n) is 12.2. The maximum absolute atomic E-state index is 5.87. The van der Waals surface area contributed by atoms with Crippen LogP contribution < -0.4 is 15.4 Å². The van der Waals surface area contributed by atoms with E-state index in [0.29, 0.717) is 11.7 Å². The van der Waals surface area contributed by atoms with E-state index in [1.165, 1.54) is 18.7 Å². The van der Waals surface area contributed by atoms with Crippen molar-refractivity contribution in [3.63, 3.8) is 0 Å². The standard InChI is InChI=1S/C15H25N3O/c1-12(2)17-7-4-8-18(10-9-17)13-5-6-14(16)15(11-13)19-3/h5-6,11-12H,4,7-10,16H2,1-3H3. The van der Waals surface area contributed by atoms with Crippen molar-refractivity contribution in [1.29, 1.82) is 0 Å². The second-order valence-corrected chi connectivity index (χ2v) is 5.40. The third kappa shape index (κ3) is 3.32. The number of nitrogens with zero attached hydrogens (tertiary/aromatic N) is 2. The number of ether oxygens (including phenoxy) is 1. The molecule has 0 spiro atoms. The van der Waals surface area contributed by atoms with Crippen LogP contribution in [0.4, 0.5) is 11.4 Å². The van der Waals surface area contributed by atoms with Crippen LogP contribution in [0, 0.1) is 0 Å². The number of hydrogen-bond donors (Lipinski definition) is 1. The number of methoxy groups -OCH3 is 1. The molecule has 106 valence electrons. The molecule has 2 rings (SSSR count). The molecule has 1 fully saturated rings. The second kappa shape index (κ2) is 6.15. The highest BCUT2D eigenvalue weighted by atomic mass is 16.5. The van der Waals surface area contributed by atoms with E-state index in [2.05, 4.69) is 29.7 Å². The molecule has 1 saturated heterocycles. The van der Waals surface area contributed by atoms with Crippen molar-refractivity contribution in [2.24, 2.45) is 0 Å². The van der Waals surface area contributed by atoms with Gasteiger partial charge in [0.25, 0.3) is 0 Å². The second-order valence-electron chi connectivity index (χ2n) is 5.40. The molecule has 1 aliphatic rings. The lowest BCUT2D eigenvalue weighted by molar-refractivity contribution is 0.238. The zero-order chi connectivity index (χ0) is 13.8. The number of nitrogen functional groups attached to an aromatic ring is 1. The van der Waals surface area contributed by atoms with Gasteiger partial charge in [0.15, 0.2) is 0 Å². The molecule has 0 aromatic heterocycles. The molecule has 0 unspecified atom stereocenters. The van der Waals surface area contributed by atoms with E-state index in [1.807, 2.05) is 12.1 Å². The highest BCUT2D eigenvalue weighted by Gasteiger charge is 2.17. The molecule has 0 radical (unpaired) electrons. The lowest BCUT2D eigenvalue weighted by Crippen LogP contribution is -2.35. The van der Waals surface area contributed by atoms with Gasteiger partial charge in [-0.3, -0.25) is 4.90 Å². The van der Waals surface area contributed by atoms with Gasteiger partial charge < -0.3 is 15.4 Å². The minimum Gasteiger partial charge on any atom is -0.495 e. The molecular weight excluding hydrogens is 238 g/mol. The molecule has 19 heavy (non-hydrogen) atoms. The van der Waals surface area contributed by atoms with Gasteiger partial charge in [-0.05, 0) is 32.4 Å². The Morgan fingerprint density at radius 2 is 1.95 bits per heavy atom. The van der Waals surface area contributed by atoms with Gasteiger partial charge in [0, 0.05) is 44.0 Å². The fraction of sp³-hybridized carbons (Fsp3) is 0.600. The van der Waals surface area contributed by atoms with Crippen molar-refractivity contribution in [1.82, 2.24) is 4.90 Å². The van der Waals surface area contributed by atoms with Gasteiger partial charge in [-0.25, -0.2) is 0 Å². The monoisotopic (exact) mass is 263 g/mol. The van der Waals surface area contributed by atoms with Gasteiger partial charge >= 0.3 is 0 Å². The minimum absolute atomic E-state index is 0.626. The maximum atomic E-state index is 5.87. The smallest absolute Gasteiger partial charge is 0.143 e. The molecule has 1 aliphatic heterocycles. The van der Waals surface area contributed by atoms with Crippen LogP contribution in [0.15, 0.2) is 18.2 Å². The van der Waals surface area contributed by atoms with Gasteiger partial charge in [-0.15, -0.1) is 0 Å². The largest absolute Gasteiger partial charge is 0.495 e. The van der Waals surface area contributed by atoms with Crippen LogP contribution in [0.2, 0.25) is 0 Å². The lowest BCUT2D eigenvalue weighted by Gasteiger charge is -2.26. The molecular formula is C15H25N3O. The van der Waals surface area contributed by atoms with Gasteiger partial charge in [-0.2, -0.15) is 0 Å². The summed E-state index contributed by atoms with van der Waals surface area (Å²) < 4.78 is 5.30. The summed E-state index contributed by atoms with van der Waals surface area (Å²) in [6.45, 7) is 8.98. The van der Waals surface area contributed by atoms with E-state index in [0.717, 1.165) is 25.4 Å². The Bertz CT molecular complexity index is 420. The first-order valence-electron chi connectivity index (χ1n) is 7.04. The van der Waals surface area contributed by atoms with E-state index in [9.17, 15) is 0 Å². The van der Waals surface area contributed by atoms with Crippen molar-refractivity contribution in [3.05, 3.63) is 18.2 Å². The Balaban J connectivity index is 2.09. The molecule has 1 heterocycles. The van der Waals surface area contributed by atoms with E-state index >= 15 is 0 Å². The maximum Gasteiger partial charge on any atom is 0.143 e. The van der Waals surface area contributed by atoms with Crippen molar-refractivity contribution >= 4 is 11.4 Å². The molecule has 1 aromatic carbocycles. The lowest BCUT2D eigenvalue weighted by atomic mass is 10.2. The van der Waals surface area contributed by atoms with Gasteiger partial charge in [0.2, 0.25) is 0 Å². The van der Waals surface area contributed by atoms with Crippen molar-refractivity contribution < 1.29 is 4.74 Å². The summed E-state index contributed by atoms with van der Waals surface area (Å²) in [5.74, 6) is 0.766. The fourth-order valence-electron chi connectivity index (χ4n) is 2.61. The van der Waals surface area contributed by atoms with Crippen molar-refractivity contribution in [3.8, 4) is 5.75 Å². The quantitative estimate of drug-likeness (QED) is 0.849. The number of hydrogen-bond acceptors (Lipinski definition) is 4. The van der Waals surface area contributed by atoms with Crippen LogP contribution in [0.5, 0.6) is 5.75 Å². The highest BCUT2D eigenvalue weighted by Crippen LogP contribution is 2.28. The van der Waals surface area contributed by atoms with Gasteiger partial charge in [0.05, 0.1) is 12.8 Å². The number of rotatable bonds is 3. The summed E-state index contributed by atoms with van der Waals surface area (Å²) in [6, 6.07) is 6.68. The van der Waals surface area contributed by atoms with E-state index < -0.39 is 0 Å². The molecule has 4 nitrogen and oxygen atoms in total. The van der Waals surface area contributed by atoms with Crippen LogP contribution in [-0.4, -0.2) is 44.2 Å². The zero-order valence-corrected chi connectivity index (χ0v) is 12.2. The molecule has 0 bridgehead atoms. The summed E-state index contributed by atoms with van der Waals surface area (Å²) in [7, 11) is 1.67. The summed E-state index contributed by atoms with van der Waals surface area (Å²) in [5, 5.41) is 0. The predicted molar refractivity (Wildman–Crippen MR) is 80.9 cm³/mol. The summed E-state index contributed by atoms with van der Waals surface area (Å²) in [6.07, 6.45) is 1.20. The van der Waals surface area contributed by atoms with E-state index in [-0.39, 0.29) is 0 Å². The number of anilines is 2. The third-order valence-corrected chi connectivity index (χ3v) is 3.84. The first kappa shape index (κ1) is 14.0. The van der Waals surface area contributed by atoms with E-state index in [4.69, 9.17) is 10.5 Å². The fourth-order valence-corrected chi connectivity index (χ4v) is 2.61. The number of nitrogens with two attached hydrogens (primary N) is 1. The third-order valence-electron chi connectivity index (χ3n) is 3.84. The Morgan fingerprint density at radius 3 is 2.63 bits per heavy atom. The first-order valence-corrected chi connectivity index (χ1v) is 7.04. The number of benzene rings is 1. The SMILES string of the molecule is COc1cc(N2CCCN(C(C)C)CC2)ccc1N. The molecule has 1 aromatic rings. The molecule has 4 heteroatoms. The van der Waals surface area contributed by atoms with Crippen LogP contribution in [-0.2, 0) is 0 Å². The Hall–Kier alpha value is -1.42. The average Bonchev–Trinajstić information content (AvgIpc) is 2.65. The Labute approximate surface area is 116 Å². The normalized spacial score (nSPS) is 17.6. The van der Waals surface area contributed by atoms with Crippen LogP contribution >= 0.6 is 0 Å². The van der Waals surface area contributed by atoms with Crippen molar-refractivity contribution in [2.75, 3.05) is 43.9 Å². The predicted octanol–water partition coefficient (Wildman–Crippen LogP) is 2.20. The topological polar surface area (TPSA) is 41.7 Å². The Morgan fingerprint density at radius 1 is 1.16 bits per heavy atom. The Kier molecular flexibility index (Phi) is 4.53. The summed E-state index contributed by atoms with van der Waals surface area (Å²) in [5.41, 5.74) is 7.77. The van der Waals surface area contributed by atoms with Gasteiger partial charge in [0.1, 0.15) is 5.75 Å². The van der Waals surface area contributed by atoms with Gasteiger partial charge in [-0.1, -0.05) is 0 Å². The molecule has 0 aliphatic carbocycles. The summed E-state index contributed by atoms with van der Waals surface area (Å²) >= 11 is 0.